The van der Waals surface area contributed by atoms with Gasteiger partial charge in [0.2, 0.25) is 0 Å². The molecular formula is C13H20BrN3O3. The number of ether oxygens (including phenoxy) is 2. The maximum Gasteiger partial charge on any atom is 0.410 e. The van der Waals surface area contributed by atoms with Crippen molar-refractivity contribution in [2.24, 2.45) is 6.98 Å². The van der Waals surface area contributed by atoms with Gasteiger partial charge in [-0.2, -0.15) is 5.10 Å². The molecular weight excluding hydrogens is 326 g/mol. The fourth-order valence-corrected chi connectivity index (χ4v) is 2.08. The summed E-state index contributed by atoms with van der Waals surface area (Å²) in [6.07, 6.45) is 1.78. The van der Waals surface area contributed by atoms with Gasteiger partial charge in [0, 0.05) is 17.6 Å². The zero-order valence-electron chi connectivity index (χ0n) is 14.7. The van der Waals surface area contributed by atoms with Crippen LogP contribution < -0.4 is 4.74 Å². The zero-order chi connectivity index (χ0) is 17.4. The van der Waals surface area contributed by atoms with E-state index in [-0.39, 0.29) is 23.3 Å². The third kappa shape index (κ3) is 3.45. The molecule has 1 aromatic heterocycles. The smallest absolute Gasteiger partial charge is 0.410 e. The standard InChI is InChI=1S/C13H20BrN3O3/c1-13(2,3)20-12(18)17-6-5-9(17)8-19-10-7-15-16(4)11(10)14/h7,9H,5-6,8H2,1-4H3/t9-/m1/s1/i4D3. The summed E-state index contributed by atoms with van der Waals surface area (Å²) < 4.78 is 34.1. The number of carbonyl (C=O) groups excluding carboxylic acids is 1. The minimum absolute atomic E-state index is 0.0899. The predicted molar refractivity (Wildman–Crippen MR) is 77.7 cm³/mol. The van der Waals surface area contributed by atoms with Gasteiger partial charge in [0.15, 0.2) is 5.75 Å². The number of aryl methyl sites for hydroxylation is 1. The Labute approximate surface area is 131 Å². The van der Waals surface area contributed by atoms with E-state index >= 15 is 0 Å². The highest BCUT2D eigenvalue weighted by atomic mass is 79.9. The second-order valence-electron chi connectivity index (χ2n) is 5.64. The average Bonchev–Trinajstić information content (AvgIpc) is 2.66. The summed E-state index contributed by atoms with van der Waals surface area (Å²) in [5, 5.41) is 3.79. The summed E-state index contributed by atoms with van der Waals surface area (Å²) in [6.45, 7) is 3.95. The van der Waals surface area contributed by atoms with E-state index < -0.39 is 12.6 Å². The van der Waals surface area contributed by atoms with Crippen LogP contribution >= 0.6 is 15.9 Å². The van der Waals surface area contributed by atoms with Crippen molar-refractivity contribution in [1.29, 1.82) is 0 Å². The van der Waals surface area contributed by atoms with E-state index in [0.717, 1.165) is 11.1 Å². The highest BCUT2D eigenvalue weighted by Gasteiger charge is 2.35. The van der Waals surface area contributed by atoms with Crippen molar-refractivity contribution in [1.82, 2.24) is 14.7 Å². The molecule has 112 valence electrons. The molecule has 1 atom stereocenters. The number of carbonyl (C=O) groups is 1. The summed E-state index contributed by atoms with van der Waals surface area (Å²) in [5.41, 5.74) is -0.540. The number of rotatable bonds is 3. The molecule has 0 unspecified atom stereocenters. The average molecular weight is 349 g/mol. The molecule has 2 rings (SSSR count). The minimum atomic E-state index is -2.38. The van der Waals surface area contributed by atoms with Crippen LogP contribution in [0, 0.1) is 0 Å². The summed E-state index contributed by atoms with van der Waals surface area (Å²) >= 11 is 3.17. The molecule has 0 N–H and O–H groups in total. The fourth-order valence-electron chi connectivity index (χ4n) is 1.78. The molecule has 0 spiro atoms. The molecule has 6 nitrogen and oxygen atoms in total. The van der Waals surface area contributed by atoms with E-state index in [9.17, 15) is 4.79 Å². The van der Waals surface area contributed by atoms with Gasteiger partial charge >= 0.3 is 6.09 Å². The fraction of sp³-hybridized carbons (Fsp3) is 0.692. The van der Waals surface area contributed by atoms with E-state index in [0.29, 0.717) is 12.3 Å². The number of aromatic nitrogens is 2. The molecule has 20 heavy (non-hydrogen) atoms. The van der Waals surface area contributed by atoms with Crippen LogP contribution in [-0.2, 0) is 11.7 Å². The van der Waals surface area contributed by atoms with Crippen molar-refractivity contribution in [2.45, 2.75) is 38.8 Å². The number of likely N-dealkylation sites (tertiary alicyclic amines) is 1. The van der Waals surface area contributed by atoms with Crippen LogP contribution in [0.2, 0.25) is 0 Å². The van der Waals surface area contributed by atoms with Gasteiger partial charge in [-0.05, 0) is 43.1 Å². The van der Waals surface area contributed by atoms with Crippen molar-refractivity contribution in [3.63, 3.8) is 0 Å². The second-order valence-corrected chi connectivity index (χ2v) is 6.39. The van der Waals surface area contributed by atoms with Gasteiger partial charge < -0.3 is 14.4 Å². The van der Waals surface area contributed by atoms with Crippen molar-refractivity contribution < 1.29 is 18.4 Å². The van der Waals surface area contributed by atoms with Gasteiger partial charge in [0.1, 0.15) is 16.8 Å². The Kier molecular flexibility index (Phi) is 3.22. The topological polar surface area (TPSA) is 56.6 Å². The largest absolute Gasteiger partial charge is 0.487 e. The zero-order valence-corrected chi connectivity index (χ0v) is 13.3. The minimum Gasteiger partial charge on any atom is -0.487 e. The number of hydrogen-bond donors (Lipinski definition) is 0. The molecule has 0 bridgehead atoms. The Bertz CT molecular complexity index is 583. The highest BCUT2D eigenvalue weighted by molar-refractivity contribution is 9.10. The van der Waals surface area contributed by atoms with Gasteiger partial charge in [-0.15, -0.1) is 0 Å². The molecule has 1 fully saturated rings. The molecule has 0 radical (unpaired) electrons. The second kappa shape index (κ2) is 5.63. The van der Waals surface area contributed by atoms with Gasteiger partial charge in [-0.1, -0.05) is 0 Å². The molecule has 0 aromatic carbocycles. The maximum absolute atomic E-state index is 12.0. The number of hydrogen-bond acceptors (Lipinski definition) is 4. The van der Waals surface area contributed by atoms with Gasteiger partial charge in [0.25, 0.3) is 0 Å². The Hall–Kier alpha value is -1.24. The first-order valence-electron chi connectivity index (χ1n) is 7.85. The lowest BCUT2D eigenvalue weighted by Gasteiger charge is -2.40. The summed E-state index contributed by atoms with van der Waals surface area (Å²) in [6, 6.07) is -0.0899. The first-order chi connectivity index (χ1) is 10.5. The Balaban J connectivity index is 1.92. The van der Waals surface area contributed by atoms with Gasteiger partial charge in [-0.25, -0.2) is 4.79 Å². The van der Waals surface area contributed by atoms with E-state index in [2.05, 4.69) is 21.0 Å². The van der Waals surface area contributed by atoms with Crippen molar-refractivity contribution in [2.75, 3.05) is 13.2 Å². The Morgan fingerprint density at radius 3 is 2.90 bits per heavy atom. The predicted octanol–water partition coefficient (Wildman–Crippen LogP) is 2.57. The van der Waals surface area contributed by atoms with Crippen molar-refractivity contribution >= 4 is 22.0 Å². The van der Waals surface area contributed by atoms with Gasteiger partial charge in [0.05, 0.1) is 12.2 Å². The maximum atomic E-state index is 12.0. The lowest BCUT2D eigenvalue weighted by molar-refractivity contribution is -0.0142. The lowest BCUT2D eigenvalue weighted by atomic mass is 10.1. The van der Waals surface area contributed by atoms with E-state index in [1.165, 1.54) is 6.20 Å². The molecule has 1 saturated heterocycles. The SMILES string of the molecule is [2H]C([2H])([2H])n1ncc(OC[C@H]2CCN2C(=O)OC(C)(C)C)c1Br. The van der Waals surface area contributed by atoms with Crippen LogP contribution in [0.3, 0.4) is 0 Å². The van der Waals surface area contributed by atoms with Crippen LogP contribution in [-0.4, -0.2) is 45.6 Å². The summed E-state index contributed by atoms with van der Waals surface area (Å²) in [7, 11) is 0. The van der Waals surface area contributed by atoms with E-state index in [1.54, 1.807) is 4.90 Å². The molecule has 1 aliphatic heterocycles. The van der Waals surface area contributed by atoms with Crippen LogP contribution in [0.1, 0.15) is 31.3 Å². The van der Waals surface area contributed by atoms with Crippen LogP contribution in [0.15, 0.2) is 10.8 Å². The van der Waals surface area contributed by atoms with Crippen LogP contribution in [0.5, 0.6) is 5.75 Å². The molecule has 0 saturated carbocycles. The molecule has 1 amide bonds. The Morgan fingerprint density at radius 1 is 1.65 bits per heavy atom. The molecule has 1 aliphatic rings. The quantitative estimate of drug-likeness (QED) is 0.842. The first-order valence-corrected chi connectivity index (χ1v) is 7.15. The first kappa shape index (κ1) is 11.4. The Morgan fingerprint density at radius 2 is 2.40 bits per heavy atom. The van der Waals surface area contributed by atoms with Crippen LogP contribution in [0.4, 0.5) is 4.79 Å². The number of halogens is 1. The summed E-state index contributed by atoms with van der Waals surface area (Å²) in [4.78, 5) is 13.6. The molecule has 2 heterocycles. The number of nitrogens with zero attached hydrogens (tertiary/aromatic N) is 3. The van der Waals surface area contributed by atoms with Crippen LogP contribution in [0.25, 0.3) is 0 Å². The normalized spacial score (nSPS) is 21.5. The number of amides is 1. The highest BCUT2D eigenvalue weighted by Crippen LogP contribution is 2.26. The van der Waals surface area contributed by atoms with Crippen molar-refractivity contribution in [3.05, 3.63) is 10.8 Å². The third-order valence-corrected chi connectivity index (χ3v) is 3.61. The van der Waals surface area contributed by atoms with Crippen molar-refractivity contribution in [3.8, 4) is 5.75 Å². The summed E-state index contributed by atoms with van der Waals surface area (Å²) in [5.74, 6) is 0.331. The van der Waals surface area contributed by atoms with E-state index in [4.69, 9.17) is 13.6 Å². The molecule has 7 heteroatoms. The molecule has 0 aliphatic carbocycles. The lowest BCUT2D eigenvalue weighted by Crippen LogP contribution is -2.55. The molecule has 1 aromatic rings. The van der Waals surface area contributed by atoms with E-state index in [1.807, 2.05) is 20.8 Å². The third-order valence-electron chi connectivity index (χ3n) is 2.88. The monoisotopic (exact) mass is 348 g/mol. The van der Waals surface area contributed by atoms with Gasteiger partial charge in [-0.3, -0.25) is 4.68 Å².